The lowest BCUT2D eigenvalue weighted by Crippen LogP contribution is -2.05. The number of anilines is 1. The Balaban J connectivity index is 3.41. The predicted molar refractivity (Wildman–Crippen MR) is 48.1 cm³/mol. The number of ketones is 1. The molecule has 1 rings (SSSR count). The van der Waals surface area contributed by atoms with Crippen LogP contribution in [0.1, 0.15) is 28.5 Å². The van der Waals surface area contributed by atoms with E-state index in [-0.39, 0.29) is 11.6 Å². The lowest BCUT2D eigenvalue weighted by atomic mass is 10.1. The van der Waals surface area contributed by atoms with Crippen molar-refractivity contribution in [3.63, 3.8) is 0 Å². The number of nitrogen functional groups attached to an aromatic ring is 1. The van der Waals surface area contributed by atoms with Crippen molar-refractivity contribution >= 4 is 11.6 Å². The van der Waals surface area contributed by atoms with E-state index >= 15 is 0 Å². The smallest absolute Gasteiger partial charge is 0.163 e. The maximum atomic E-state index is 11.0. The van der Waals surface area contributed by atoms with E-state index in [1.807, 2.05) is 6.07 Å². The molecule has 0 aliphatic heterocycles. The quantitative estimate of drug-likeness (QED) is 0.647. The molecule has 66 valence electrons. The molecule has 13 heavy (non-hydrogen) atoms. The Kier molecular flexibility index (Phi) is 2.29. The molecule has 2 N–H and O–H groups in total. The lowest BCUT2D eigenvalue weighted by molar-refractivity contribution is 0.101. The zero-order chi connectivity index (χ0) is 10.0. The average Bonchev–Trinajstić information content (AvgIpc) is 2.03. The molecule has 0 unspecified atom stereocenters. The Labute approximate surface area is 76.0 Å². The number of rotatable bonds is 1. The SMILES string of the molecule is CC(=O)c1cc(C#N)c(C)nc1N. The monoisotopic (exact) mass is 175 g/mol. The van der Waals surface area contributed by atoms with Crippen molar-refractivity contribution in [1.82, 2.24) is 4.98 Å². The molecule has 1 heterocycles. The van der Waals surface area contributed by atoms with Crippen LogP contribution in [0, 0.1) is 18.3 Å². The van der Waals surface area contributed by atoms with Crippen molar-refractivity contribution in [3.05, 3.63) is 22.9 Å². The third-order valence-corrected chi connectivity index (χ3v) is 1.74. The zero-order valence-electron chi connectivity index (χ0n) is 7.46. The fraction of sp³-hybridized carbons (Fsp3) is 0.222. The molecule has 0 spiro atoms. The Bertz CT molecular complexity index is 404. The molecular weight excluding hydrogens is 166 g/mol. The van der Waals surface area contributed by atoms with Gasteiger partial charge in [-0.3, -0.25) is 4.79 Å². The molecule has 0 radical (unpaired) electrons. The summed E-state index contributed by atoms with van der Waals surface area (Å²) in [6, 6.07) is 3.42. The summed E-state index contributed by atoms with van der Waals surface area (Å²) in [5, 5.41) is 8.67. The minimum absolute atomic E-state index is 0.179. The number of hydrogen-bond acceptors (Lipinski definition) is 4. The molecule has 1 aromatic rings. The molecule has 0 aromatic carbocycles. The van der Waals surface area contributed by atoms with Crippen molar-refractivity contribution < 1.29 is 4.79 Å². The van der Waals surface area contributed by atoms with Crippen LogP contribution in [0.5, 0.6) is 0 Å². The first-order chi connectivity index (χ1) is 6.06. The third-order valence-electron chi connectivity index (χ3n) is 1.74. The molecule has 0 amide bonds. The maximum Gasteiger partial charge on any atom is 0.163 e. The molecule has 0 atom stereocenters. The average molecular weight is 175 g/mol. The van der Waals surface area contributed by atoms with E-state index in [0.717, 1.165) is 0 Å². The van der Waals surface area contributed by atoms with Gasteiger partial charge in [0.2, 0.25) is 0 Å². The first kappa shape index (κ1) is 9.20. The van der Waals surface area contributed by atoms with Crippen molar-refractivity contribution in [2.24, 2.45) is 0 Å². The highest BCUT2D eigenvalue weighted by atomic mass is 16.1. The fourth-order valence-electron chi connectivity index (χ4n) is 1.02. The minimum atomic E-state index is -0.179. The van der Waals surface area contributed by atoms with Crippen molar-refractivity contribution in [2.75, 3.05) is 5.73 Å². The number of hydrogen-bond donors (Lipinski definition) is 1. The number of carbonyl (C=O) groups is 1. The number of aryl methyl sites for hydroxylation is 1. The molecule has 0 aliphatic carbocycles. The van der Waals surface area contributed by atoms with Gasteiger partial charge in [0.25, 0.3) is 0 Å². The van der Waals surface area contributed by atoms with Crippen LogP contribution < -0.4 is 5.73 Å². The summed E-state index contributed by atoms with van der Waals surface area (Å²) >= 11 is 0. The van der Waals surface area contributed by atoms with Gasteiger partial charge < -0.3 is 5.73 Å². The summed E-state index contributed by atoms with van der Waals surface area (Å²) in [4.78, 5) is 14.9. The zero-order valence-corrected chi connectivity index (χ0v) is 7.46. The molecule has 0 saturated heterocycles. The van der Waals surface area contributed by atoms with Gasteiger partial charge >= 0.3 is 0 Å². The van der Waals surface area contributed by atoms with Crippen LogP contribution in [0.3, 0.4) is 0 Å². The second-order valence-electron chi connectivity index (χ2n) is 2.72. The van der Waals surface area contributed by atoms with E-state index in [0.29, 0.717) is 16.8 Å². The number of Topliss-reactive ketones (excluding diaryl/α,β-unsaturated/α-hetero) is 1. The molecule has 0 bridgehead atoms. The summed E-state index contributed by atoms with van der Waals surface area (Å²) in [5.41, 5.74) is 6.75. The summed E-state index contributed by atoms with van der Waals surface area (Å²) in [6.07, 6.45) is 0. The first-order valence-electron chi connectivity index (χ1n) is 3.74. The third kappa shape index (κ3) is 1.64. The van der Waals surface area contributed by atoms with Crippen LogP contribution in [-0.2, 0) is 0 Å². The predicted octanol–water partition coefficient (Wildman–Crippen LogP) is 1.05. The summed E-state index contributed by atoms with van der Waals surface area (Å²) in [7, 11) is 0. The van der Waals surface area contributed by atoms with Gasteiger partial charge in [-0.05, 0) is 19.9 Å². The molecule has 1 aromatic heterocycles. The van der Waals surface area contributed by atoms with Gasteiger partial charge in [0, 0.05) is 0 Å². The Morgan fingerprint density at radius 3 is 2.77 bits per heavy atom. The summed E-state index contributed by atoms with van der Waals surface area (Å²) < 4.78 is 0. The van der Waals surface area contributed by atoms with Crippen LogP contribution in [0.25, 0.3) is 0 Å². The van der Waals surface area contributed by atoms with E-state index in [1.54, 1.807) is 6.92 Å². The van der Waals surface area contributed by atoms with Crippen LogP contribution in [0.15, 0.2) is 6.07 Å². The highest BCUT2D eigenvalue weighted by molar-refractivity contribution is 5.98. The normalized spacial score (nSPS) is 9.31. The highest BCUT2D eigenvalue weighted by Gasteiger charge is 2.09. The standard InChI is InChI=1S/C9H9N3O/c1-5-7(4-10)3-8(6(2)13)9(11)12-5/h3H,1-2H3,(H2,11,12). The van der Waals surface area contributed by atoms with Gasteiger partial charge in [-0.15, -0.1) is 0 Å². The topological polar surface area (TPSA) is 79.8 Å². The summed E-state index contributed by atoms with van der Waals surface area (Å²) in [5.74, 6) is 0.00509. The van der Waals surface area contributed by atoms with Gasteiger partial charge in [-0.1, -0.05) is 0 Å². The van der Waals surface area contributed by atoms with Crippen LogP contribution >= 0.6 is 0 Å². The van der Waals surface area contributed by atoms with Crippen LogP contribution in [0.2, 0.25) is 0 Å². The van der Waals surface area contributed by atoms with E-state index < -0.39 is 0 Å². The number of pyridine rings is 1. The van der Waals surface area contributed by atoms with Crippen LogP contribution in [-0.4, -0.2) is 10.8 Å². The Morgan fingerprint density at radius 1 is 1.69 bits per heavy atom. The number of aromatic nitrogens is 1. The second kappa shape index (κ2) is 3.23. The molecular formula is C9H9N3O. The molecule has 4 nitrogen and oxygen atoms in total. The van der Waals surface area contributed by atoms with Gasteiger partial charge in [0.1, 0.15) is 11.9 Å². The molecule has 0 fully saturated rings. The Hall–Kier alpha value is -1.89. The maximum absolute atomic E-state index is 11.0. The van der Waals surface area contributed by atoms with Crippen molar-refractivity contribution in [2.45, 2.75) is 13.8 Å². The van der Waals surface area contributed by atoms with Gasteiger partial charge in [-0.2, -0.15) is 5.26 Å². The number of nitrogens with two attached hydrogens (primary N) is 1. The van der Waals surface area contributed by atoms with Gasteiger partial charge in [0.15, 0.2) is 5.78 Å². The second-order valence-corrected chi connectivity index (χ2v) is 2.72. The molecule has 4 heteroatoms. The summed E-state index contributed by atoms with van der Waals surface area (Å²) in [6.45, 7) is 3.07. The van der Waals surface area contributed by atoms with E-state index in [9.17, 15) is 4.79 Å². The minimum Gasteiger partial charge on any atom is -0.383 e. The number of nitriles is 1. The largest absolute Gasteiger partial charge is 0.383 e. The lowest BCUT2D eigenvalue weighted by Gasteiger charge is -2.03. The number of nitrogens with zero attached hydrogens (tertiary/aromatic N) is 2. The van der Waals surface area contributed by atoms with Crippen molar-refractivity contribution in [3.8, 4) is 6.07 Å². The molecule has 0 saturated carbocycles. The molecule has 0 aliphatic rings. The van der Waals surface area contributed by atoms with Crippen LogP contribution in [0.4, 0.5) is 5.82 Å². The highest BCUT2D eigenvalue weighted by Crippen LogP contribution is 2.14. The van der Waals surface area contributed by atoms with Gasteiger partial charge in [-0.25, -0.2) is 4.98 Å². The fourth-order valence-corrected chi connectivity index (χ4v) is 1.02. The van der Waals surface area contributed by atoms with E-state index in [4.69, 9.17) is 11.0 Å². The van der Waals surface area contributed by atoms with Crippen molar-refractivity contribution in [1.29, 1.82) is 5.26 Å². The van der Waals surface area contributed by atoms with E-state index in [2.05, 4.69) is 4.98 Å². The number of carbonyl (C=O) groups excluding carboxylic acids is 1. The van der Waals surface area contributed by atoms with E-state index in [1.165, 1.54) is 13.0 Å². The van der Waals surface area contributed by atoms with Gasteiger partial charge in [0.05, 0.1) is 16.8 Å². The first-order valence-corrected chi connectivity index (χ1v) is 3.74. The Morgan fingerprint density at radius 2 is 2.31 bits per heavy atom.